The average Bonchev–Trinajstić information content (AvgIpc) is 1.95. The Labute approximate surface area is 69.2 Å². The molecule has 0 saturated carbocycles. The zero-order valence-corrected chi connectivity index (χ0v) is 7.53. The smallest absolute Gasteiger partial charge is 0.0320 e. The Kier molecular flexibility index (Phi) is 2.86. The number of benzene rings is 1. The van der Waals surface area contributed by atoms with Gasteiger partial charge in [0.15, 0.2) is 0 Å². The van der Waals surface area contributed by atoms with Gasteiger partial charge < -0.3 is 11.5 Å². The minimum absolute atomic E-state index is 0.686. The molecule has 60 valence electrons. The second kappa shape index (κ2) is 3.70. The maximum atomic E-state index is 5.58. The summed E-state index contributed by atoms with van der Waals surface area (Å²) in [5.74, 6) is 0. The van der Waals surface area contributed by atoms with Crippen LogP contribution in [0.5, 0.6) is 0 Å². The van der Waals surface area contributed by atoms with Crippen LogP contribution in [0.1, 0.15) is 5.56 Å². The highest BCUT2D eigenvalue weighted by Gasteiger charge is 1.96. The second-order valence-corrected chi connectivity index (χ2v) is 3.12. The lowest BCUT2D eigenvalue weighted by Crippen LogP contribution is -2.09. The number of nitrogens with two attached hydrogens (primary N) is 2. The second-order valence-electron chi connectivity index (χ2n) is 2.50. The molecule has 0 aliphatic rings. The van der Waals surface area contributed by atoms with Crippen LogP contribution < -0.4 is 16.8 Å². The molecule has 0 aromatic heterocycles. The van der Waals surface area contributed by atoms with Crippen molar-refractivity contribution < 1.29 is 0 Å². The SMILES string of the molecule is NCCc1ccc(N)cc1P. The van der Waals surface area contributed by atoms with Crippen molar-refractivity contribution in [3.63, 3.8) is 0 Å². The minimum atomic E-state index is 0.686. The van der Waals surface area contributed by atoms with E-state index in [4.69, 9.17) is 11.5 Å². The third kappa shape index (κ3) is 2.18. The monoisotopic (exact) mass is 168 g/mol. The summed E-state index contributed by atoms with van der Waals surface area (Å²) in [6.45, 7) is 0.686. The fraction of sp³-hybridized carbons (Fsp3) is 0.250. The highest BCUT2D eigenvalue weighted by Crippen LogP contribution is 2.06. The van der Waals surface area contributed by atoms with Crippen molar-refractivity contribution >= 4 is 20.2 Å². The van der Waals surface area contributed by atoms with Gasteiger partial charge >= 0.3 is 0 Å². The molecule has 0 aliphatic heterocycles. The molecule has 0 saturated heterocycles. The predicted octanol–water partition coefficient (Wildman–Crippen LogP) is 0.270. The lowest BCUT2D eigenvalue weighted by Gasteiger charge is -2.03. The van der Waals surface area contributed by atoms with E-state index >= 15 is 0 Å². The normalized spacial score (nSPS) is 10.0. The van der Waals surface area contributed by atoms with Gasteiger partial charge in [-0.1, -0.05) is 6.07 Å². The molecule has 3 heteroatoms. The van der Waals surface area contributed by atoms with Crippen molar-refractivity contribution in [2.45, 2.75) is 6.42 Å². The van der Waals surface area contributed by atoms with Gasteiger partial charge in [0, 0.05) is 5.69 Å². The molecule has 1 rings (SSSR count). The largest absolute Gasteiger partial charge is 0.399 e. The third-order valence-electron chi connectivity index (χ3n) is 1.58. The van der Waals surface area contributed by atoms with Crippen molar-refractivity contribution in [2.75, 3.05) is 12.3 Å². The topological polar surface area (TPSA) is 52.0 Å². The third-order valence-corrected chi connectivity index (χ3v) is 2.12. The summed E-state index contributed by atoms with van der Waals surface area (Å²) in [6, 6.07) is 5.86. The van der Waals surface area contributed by atoms with Crippen molar-refractivity contribution in [2.24, 2.45) is 5.73 Å². The molecule has 1 unspecified atom stereocenters. The molecule has 0 spiro atoms. The van der Waals surface area contributed by atoms with E-state index < -0.39 is 0 Å². The molecule has 0 heterocycles. The zero-order valence-electron chi connectivity index (χ0n) is 6.38. The molecule has 0 radical (unpaired) electrons. The van der Waals surface area contributed by atoms with E-state index in [1.165, 1.54) is 5.56 Å². The highest BCUT2D eigenvalue weighted by atomic mass is 31.0. The van der Waals surface area contributed by atoms with Crippen LogP contribution in [0, 0.1) is 0 Å². The van der Waals surface area contributed by atoms with Gasteiger partial charge in [-0.05, 0) is 36.0 Å². The molecule has 1 aromatic carbocycles. The van der Waals surface area contributed by atoms with E-state index in [0.29, 0.717) is 6.54 Å². The fourth-order valence-corrected chi connectivity index (χ4v) is 1.43. The van der Waals surface area contributed by atoms with Crippen molar-refractivity contribution in [1.29, 1.82) is 0 Å². The molecule has 1 aromatic rings. The molecular formula is C8H13N2P. The van der Waals surface area contributed by atoms with Crippen molar-refractivity contribution in [3.8, 4) is 0 Å². The van der Waals surface area contributed by atoms with Crippen molar-refractivity contribution in [3.05, 3.63) is 23.8 Å². The van der Waals surface area contributed by atoms with Gasteiger partial charge in [-0.15, -0.1) is 9.24 Å². The van der Waals surface area contributed by atoms with Crippen LogP contribution in [-0.2, 0) is 6.42 Å². The Morgan fingerprint density at radius 3 is 2.64 bits per heavy atom. The summed E-state index contributed by atoms with van der Waals surface area (Å²) >= 11 is 0. The van der Waals surface area contributed by atoms with Crippen LogP contribution in [0.3, 0.4) is 0 Å². The first kappa shape index (κ1) is 8.51. The average molecular weight is 168 g/mol. The Balaban J connectivity index is 2.90. The van der Waals surface area contributed by atoms with Gasteiger partial charge in [0.2, 0.25) is 0 Å². The molecule has 1 atom stereocenters. The van der Waals surface area contributed by atoms with Crippen LogP contribution in [0.25, 0.3) is 0 Å². The molecule has 0 fully saturated rings. The quantitative estimate of drug-likeness (QED) is 0.492. The van der Waals surface area contributed by atoms with E-state index in [9.17, 15) is 0 Å². The van der Waals surface area contributed by atoms with Gasteiger partial charge in [0.05, 0.1) is 0 Å². The van der Waals surface area contributed by atoms with E-state index in [2.05, 4.69) is 9.24 Å². The van der Waals surface area contributed by atoms with Crippen LogP contribution in [-0.4, -0.2) is 6.54 Å². The Bertz CT molecular complexity index is 248. The summed E-state index contributed by atoms with van der Waals surface area (Å²) < 4.78 is 0. The molecule has 11 heavy (non-hydrogen) atoms. The number of rotatable bonds is 2. The molecule has 4 N–H and O–H groups in total. The number of hydrogen-bond donors (Lipinski definition) is 2. The van der Waals surface area contributed by atoms with Crippen molar-refractivity contribution in [1.82, 2.24) is 0 Å². The minimum Gasteiger partial charge on any atom is -0.399 e. The van der Waals surface area contributed by atoms with Crippen LogP contribution in [0.2, 0.25) is 0 Å². The highest BCUT2D eigenvalue weighted by molar-refractivity contribution is 7.27. The molecule has 2 nitrogen and oxygen atoms in total. The van der Waals surface area contributed by atoms with Gasteiger partial charge in [-0.3, -0.25) is 0 Å². The number of hydrogen-bond acceptors (Lipinski definition) is 2. The summed E-state index contributed by atoms with van der Waals surface area (Å²) in [4.78, 5) is 0. The Morgan fingerprint density at radius 1 is 1.36 bits per heavy atom. The van der Waals surface area contributed by atoms with E-state index in [1.807, 2.05) is 18.2 Å². The molecule has 0 amide bonds. The maximum Gasteiger partial charge on any atom is 0.0320 e. The van der Waals surface area contributed by atoms with E-state index in [-0.39, 0.29) is 0 Å². The number of nitrogen functional groups attached to an aromatic ring is 1. The van der Waals surface area contributed by atoms with Gasteiger partial charge in [-0.25, -0.2) is 0 Å². The Morgan fingerprint density at radius 2 is 2.09 bits per heavy atom. The standard InChI is InChI=1S/C8H13N2P/c9-4-3-6-1-2-7(10)5-8(6)11/h1-2,5H,3-4,9-11H2. The van der Waals surface area contributed by atoms with Gasteiger partial charge in [0.1, 0.15) is 0 Å². The first-order valence-electron chi connectivity index (χ1n) is 3.58. The van der Waals surface area contributed by atoms with E-state index in [1.54, 1.807) is 0 Å². The summed E-state index contributed by atoms with van der Waals surface area (Å²) in [5, 5.41) is 1.15. The summed E-state index contributed by atoms with van der Waals surface area (Å²) in [6.07, 6.45) is 0.916. The van der Waals surface area contributed by atoms with Crippen LogP contribution >= 0.6 is 9.24 Å². The lowest BCUT2D eigenvalue weighted by atomic mass is 10.1. The van der Waals surface area contributed by atoms with Crippen LogP contribution in [0.15, 0.2) is 18.2 Å². The number of anilines is 1. The van der Waals surface area contributed by atoms with Gasteiger partial charge in [0.25, 0.3) is 0 Å². The fourth-order valence-electron chi connectivity index (χ4n) is 0.997. The van der Waals surface area contributed by atoms with E-state index in [0.717, 1.165) is 17.4 Å². The molecular weight excluding hydrogens is 155 g/mol. The first-order valence-corrected chi connectivity index (χ1v) is 4.15. The molecule has 0 bridgehead atoms. The maximum absolute atomic E-state index is 5.58. The lowest BCUT2D eigenvalue weighted by molar-refractivity contribution is 0.975. The summed E-state index contributed by atoms with van der Waals surface area (Å²) in [7, 11) is 2.66. The van der Waals surface area contributed by atoms with Gasteiger partial charge in [-0.2, -0.15) is 0 Å². The predicted molar refractivity (Wildman–Crippen MR) is 53.0 cm³/mol. The Hall–Kier alpha value is -0.590. The first-order chi connectivity index (χ1) is 5.24. The molecule has 0 aliphatic carbocycles. The van der Waals surface area contributed by atoms with Crippen LogP contribution in [0.4, 0.5) is 5.69 Å². The zero-order chi connectivity index (χ0) is 8.27. The summed E-state index contributed by atoms with van der Waals surface area (Å²) in [5.41, 5.74) is 13.1.